The SMILES string of the molecule is CCn1c(C)c(CC(N)C(=O)O)c2cc3c(cc21)CN(C)C3. The molecule has 1 aliphatic heterocycles. The zero-order chi connectivity index (χ0) is 16.0. The zero-order valence-corrected chi connectivity index (χ0v) is 13.4. The summed E-state index contributed by atoms with van der Waals surface area (Å²) in [6.45, 7) is 6.98. The minimum atomic E-state index is -0.947. The Labute approximate surface area is 130 Å². The number of rotatable bonds is 4. The van der Waals surface area contributed by atoms with Crippen molar-refractivity contribution in [1.82, 2.24) is 9.47 Å². The van der Waals surface area contributed by atoms with E-state index in [4.69, 9.17) is 10.8 Å². The largest absolute Gasteiger partial charge is 0.480 e. The molecule has 5 nitrogen and oxygen atoms in total. The van der Waals surface area contributed by atoms with E-state index in [1.54, 1.807) is 0 Å². The number of fused-ring (bicyclic) bond motifs is 2. The van der Waals surface area contributed by atoms with E-state index in [1.165, 1.54) is 16.6 Å². The van der Waals surface area contributed by atoms with E-state index >= 15 is 0 Å². The van der Waals surface area contributed by atoms with Gasteiger partial charge in [-0.25, -0.2) is 0 Å². The first-order valence-electron chi connectivity index (χ1n) is 7.72. The van der Waals surface area contributed by atoms with E-state index in [2.05, 4.69) is 42.5 Å². The van der Waals surface area contributed by atoms with Crippen LogP contribution in [0.25, 0.3) is 10.9 Å². The van der Waals surface area contributed by atoms with Gasteiger partial charge in [0.25, 0.3) is 0 Å². The van der Waals surface area contributed by atoms with Gasteiger partial charge in [0.1, 0.15) is 6.04 Å². The molecule has 3 rings (SSSR count). The minimum absolute atomic E-state index is 0.374. The van der Waals surface area contributed by atoms with E-state index in [0.717, 1.165) is 36.3 Å². The number of benzene rings is 1. The van der Waals surface area contributed by atoms with Gasteiger partial charge in [-0.15, -0.1) is 0 Å². The third kappa shape index (κ3) is 2.30. The molecule has 1 aliphatic rings. The molecule has 1 aromatic carbocycles. The molecule has 3 N–H and O–H groups in total. The molecule has 2 aromatic rings. The predicted molar refractivity (Wildman–Crippen MR) is 86.8 cm³/mol. The van der Waals surface area contributed by atoms with Crippen LogP contribution >= 0.6 is 0 Å². The fourth-order valence-electron chi connectivity index (χ4n) is 3.58. The van der Waals surface area contributed by atoms with Crippen LogP contribution in [-0.4, -0.2) is 33.6 Å². The van der Waals surface area contributed by atoms with Crippen LogP contribution < -0.4 is 5.73 Å². The number of aryl methyl sites for hydroxylation is 1. The summed E-state index contributed by atoms with van der Waals surface area (Å²) in [6, 6.07) is 3.64. The summed E-state index contributed by atoms with van der Waals surface area (Å²) in [7, 11) is 2.12. The lowest BCUT2D eigenvalue weighted by Gasteiger charge is -2.08. The lowest BCUT2D eigenvalue weighted by Crippen LogP contribution is -2.32. The number of nitrogens with two attached hydrogens (primary N) is 1. The molecule has 0 radical (unpaired) electrons. The van der Waals surface area contributed by atoms with Gasteiger partial charge in [-0.2, -0.15) is 0 Å². The van der Waals surface area contributed by atoms with Crippen molar-refractivity contribution in [2.45, 2.75) is 45.9 Å². The number of hydrogen-bond donors (Lipinski definition) is 2. The van der Waals surface area contributed by atoms with Gasteiger partial charge >= 0.3 is 5.97 Å². The highest BCUT2D eigenvalue weighted by molar-refractivity contribution is 5.88. The molecule has 1 atom stereocenters. The van der Waals surface area contributed by atoms with Crippen LogP contribution in [-0.2, 0) is 30.8 Å². The summed E-state index contributed by atoms with van der Waals surface area (Å²) >= 11 is 0. The molecule has 1 unspecified atom stereocenters. The predicted octanol–water partition coefficient (Wildman–Crippen LogP) is 1.87. The maximum absolute atomic E-state index is 11.1. The van der Waals surface area contributed by atoms with Crippen LogP contribution in [0.5, 0.6) is 0 Å². The molecule has 0 aliphatic carbocycles. The van der Waals surface area contributed by atoms with Crippen molar-refractivity contribution in [3.63, 3.8) is 0 Å². The van der Waals surface area contributed by atoms with Gasteiger partial charge in [0.15, 0.2) is 0 Å². The second-order valence-corrected chi connectivity index (χ2v) is 6.27. The number of aliphatic carboxylic acids is 1. The summed E-state index contributed by atoms with van der Waals surface area (Å²) in [4.78, 5) is 13.4. The first-order chi connectivity index (χ1) is 10.4. The van der Waals surface area contributed by atoms with Crippen molar-refractivity contribution in [3.05, 3.63) is 34.5 Å². The van der Waals surface area contributed by atoms with E-state index < -0.39 is 12.0 Å². The van der Waals surface area contributed by atoms with Crippen molar-refractivity contribution in [3.8, 4) is 0 Å². The fourth-order valence-corrected chi connectivity index (χ4v) is 3.58. The summed E-state index contributed by atoms with van der Waals surface area (Å²) in [5.41, 5.74) is 11.9. The summed E-state index contributed by atoms with van der Waals surface area (Å²) in [5, 5.41) is 10.3. The monoisotopic (exact) mass is 301 g/mol. The quantitative estimate of drug-likeness (QED) is 0.904. The fraction of sp³-hybridized carbons (Fsp3) is 0.471. The number of carbonyl (C=O) groups is 1. The minimum Gasteiger partial charge on any atom is -0.480 e. The Balaban J connectivity index is 2.17. The molecule has 22 heavy (non-hydrogen) atoms. The van der Waals surface area contributed by atoms with Crippen molar-refractivity contribution in [2.24, 2.45) is 5.73 Å². The maximum atomic E-state index is 11.1. The average molecular weight is 301 g/mol. The van der Waals surface area contributed by atoms with Crippen LogP contribution in [0.15, 0.2) is 12.1 Å². The molecule has 0 saturated heterocycles. The third-order valence-corrected chi connectivity index (χ3v) is 4.71. The van der Waals surface area contributed by atoms with E-state index in [-0.39, 0.29) is 0 Å². The Bertz CT molecular complexity index is 748. The Morgan fingerprint density at radius 2 is 2.00 bits per heavy atom. The second-order valence-electron chi connectivity index (χ2n) is 6.27. The third-order valence-electron chi connectivity index (χ3n) is 4.71. The van der Waals surface area contributed by atoms with E-state index in [1.807, 2.05) is 0 Å². The lowest BCUT2D eigenvalue weighted by atomic mass is 10.00. The number of carboxylic acids is 1. The van der Waals surface area contributed by atoms with Crippen LogP contribution in [0.3, 0.4) is 0 Å². The van der Waals surface area contributed by atoms with E-state index in [9.17, 15) is 4.79 Å². The van der Waals surface area contributed by atoms with Gasteiger partial charge in [-0.3, -0.25) is 9.69 Å². The summed E-state index contributed by atoms with van der Waals surface area (Å²) in [5.74, 6) is -0.947. The Morgan fingerprint density at radius 3 is 2.59 bits per heavy atom. The zero-order valence-electron chi connectivity index (χ0n) is 13.4. The maximum Gasteiger partial charge on any atom is 0.320 e. The first-order valence-corrected chi connectivity index (χ1v) is 7.72. The van der Waals surface area contributed by atoms with Crippen molar-refractivity contribution >= 4 is 16.9 Å². The van der Waals surface area contributed by atoms with Crippen molar-refractivity contribution in [2.75, 3.05) is 7.05 Å². The molecule has 0 fully saturated rings. The van der Waals surface area contributed by atoms with Gasteiger partial charge in [0.2, 0.25) is 0 Å². The number of hydrogen-bond acceptors (Lipinski definition) is 3. The molecular weight excluding hydrogens is 278 g/mol. The van der Waals surface area contributed by atoms with Crippen molar-refractivity contribution < 1.29 is 9.90 Å². The van der Waals surface area contributed by atoms with Crippen LogP contribution in [0.2, 0.25) is 0 Å². The summed E-state index contributed by atoms with van der Waals surface area (Å²) in [6.07, 6.45) is 0.374. The van der Waals surface area contributed by atoms with Gasteiger partial charge in [0, 0.05) is 42.7 Å². The highest BCUT2D eigenvalue weighted by Gasteiger charge is 2.23. The molecular formula is C17H23N3O2. The smallest absolute Gasteiger partial charge is 0.320 e. The topological polar surface area (TPSA) is 71.5 Å². The molecule has 118 valence electrons. The Hall–Kier alpha value is -1.85. The van der Waals surface area contributed by atoms with Crippen molar-refractivity contribution in [1.29, 1.82) is 0 Å². The summed E-state index contributed by atoms with van der Waals surface area (Å²) < 4.78 is 2.26. The normalized spacial score (nSPS) is 16.2. The first kappa shape index (κ1) is 15.1. The highest BCUT2D eigenvalue weighted by atomic mass is 16.4. The van der Waals surface area contributed by atoms with Gasteiger partial charge in [0.05, 0.1) is 0 Å². The van der Waals surface area contributed by atoms with Gasteiger partial charge in [-0.1, -0.05) is 0 Å². The molecule has 1 aromatic heterocycles. The standard InChI is InChI=1S/C17H23N3O2/c1-4-20-10(2)13(7-15(18)17(21)22)14-5-11-8-19(3)9-12(11)6-16(14)20/h5-6,15H,4,7-9,18H2,1-3H3,(H,21,22). The molecule has 2 heterocycles. The number of nitrogens with zero attached hydrogens (tertiary/aromatic N) is 2. The highest BCUT2D eigenvalue weighted by Crippen LogP contribution is 2.33. The molecule has 0 spiro atoms. The van der Waals surface area contributed by atoms with Gasteiger partial charge in [-0.05, 0) is 49.7 Å². The van der Waals surface area contributed by atoms with Gasteiger partial charge < -0.3 is 15.4 Å². The van der Waals surface area contributed by atoms with E-state index in [0.29, 0.717) is 6.42 Å². The second kappa shape index (κ2) is 5.41. The molecule has 0 saturated carbocycles. The molecule has 0 bridgehead atoms. The van der Waals surface area contributed by atoms with Crippen LogP contribution in [0, 0.1) is 6.92 Å². The van der Waals surface area contributed by atoms with Crippen LogP contribution in [0.4, 0.5) is 0 Å². The molecule has 5 heteroatoms. The Morgan fingerprint density at radius 1 is 1.36 bits per heavy atom. The average Bonchev–Trinajstić information content (AvgIpc) is 2.93. The molecule has 0 amide bonds. The van der Waals surface area contributed by atoms with Crippen LogP contribution in [0.1, 0.15) is 29.3 Å². The Kier molecular flexibility index (Phi) is 3.70. The number of aromatic nitrogens is 1. The lowest BCUT2D eigenvalue weighted by molar-refractivity contribution is -0.138. The number of carboxylic acid groups (broad SMARTS) is 1.